The molecule has 0 spiro atoms. The highest BCUT2D eigenvalue weighted by atomic mass is 32.2. The SMILES string of the molecule is CC(C)(C)SNC(CC(=O)O)c1ccccc1F. The fourth-order valence-electron chi connectivity index (χ4n) is 1.40. The molecule has 0 radical (unpaired) electrons. The molecule has 0 fully saturated rings. The molecular weight excluding hydrogens is 253 g/mol. The molecule has 1 unspecified atom stereocenters. The molecule has 0 amide bonds. The number of benzene rings is 1. The molecule has 0 saturated carbocycles. The van der Waals surface area contributed by atoms with Crippen molar-refractivity contribution in [2.75, 3.05) is 0 Å². The minimum absolute atomic E-state index is 0.0675. The molecule has 100 valence electrons. The predicted molar refractivity (Wildman–Crippen MR) is 71.9 cm³/mol. The first-order valence-electron chi connectivity index (χ1n) is 5.69. The van der Waals surface area contributed by atoms with Crippen LogP contribution in [0.3, 0.4) is 0 Å². The molecule has 0 saturated heterocycles. The molecule has 1 atom stereocenters. The Labute approximate surface area is 111 Å². The van der Waals surface area contributed by atoms with E-state index in [0.717, 1.165) is 0 Å². The van der Waals surface area contributed by atoms with Crippen LogP contribution in [0.15, 0.2) is 24.3 Å². The Kier molecular flexibility index (Phi) is 5.16. The number of carbonyl (C=O) groups is 1. The van der Waals surface area contributed by atoms with E-state index in [9.17, 15) is 9.18 Å². The molecule has 0 aromatic heterocycles. The summed E-state index contributed by atoms with van der Waals surface area (Å²) in [5.74, 6) is -1.34. The molecule has 0 bridgehead atoms. The van der Waals surface area contributed by atoms with E-state index < -0.39 is 12.0 Å². The molecular formula is C13H18FNO2S. The minimum atomic E-state index is -0.953. The third-order valence-corrected chi connectivity index (χ3v) is 3.18. The highest BCUT2D eigenvalue weighted by Gasteiger charge is 2.21. The van der Waals surface area contributed by atoms with E-state index in [4.69, 9.17) is 5.11 Å². The van der Waals surface area contributed by atoms with Crippen molar-refractivity contribution in [1.82, 2.24) is 4.72 Å². The summed E-state index contributed by atoms with van der Waals surface area (Å²) in [4.78, 5) is 10.8. The van der Waals surface area contributed by atoms with E-state index in [0.29, 0.717) is 5.56 Å². The molecule has 5 heteroatoms. The Hall–Kier alpha value is -1.07. The second-order valence-corrected chi connectivity index (χ2v) is 6.67. The average Bonchev–Trinajstić information content (AvgIpc) is 2.23. The number of hydrogen-bond donors (Lipinski definition) is 2. The zero-order valence-electron chi connectivity index (χ0n) is 10.7. The van der Waals surface area contributed by atoms with Crippen molar-refractivity contribution < 1.29 is 14.3 Å². The van der Waals surface area contributed by atoms with Crippen LogP contribution in [0.5, 0.6) is 0 Å². The summed E-state index contributed by atoms with van der Waals surface area (Å²) in [6.07, 6.45) is -0.149. The number of carboxylic acids is 1. The molecule has 0 aliphatic carbocycles. The molecule has 3 nitrogen and oxygen atoms in total. The molecule has 1 aromatic rings. The van der Waals surface area contributed by atoms with Crippen LogP contribution in [-0.2, 0) is 4.79 Å². The van der Waals surface area contributed by atoms with Crippen molar-refractivity contribution in [3.63, 3.8) is 0 Å². The predicted octanol–water partition coefficient (Wildman–Crippen LogP) is 3.38. The van der Waals surface area contributed by atoms with Crippen LogP contribution in [0.25, 0.3) is 0 Å². The second kappa shape index (κ2) is 6.20. The van der Waals surface area contributed by atoms with Gasteiger partial charge in [-0.2, -0.15) is 0 Å². The second-order valence-electron chi connectivity index (χ2n) is 5.00. The molecule has 2 N–H and O–H groups in total. The lowest BCUT2D eigenvalue weighted by Gasteiger charge is -2.23. The van der Waals surface area contributed by atoms with Crippen LogP contribution in [0.1, 0.15) is 38.8 Å². The Morgan fingerprint density at radius 3 is 2.56 bits per heavy atom. The van der Waals surface area contributed by atoms with E-state index in [2.05, 4.69) is 4.72 Å². The summed E-state index contributed by atoms with van der Waals surface area (Å²) in [7, 11) is 0. The molecule has 0 aliphatic rings. The molecule has 0 aliphatic heterocycles. The summed E-state index contributed by atoms with van der Waals surface area (Å²) < 4.78 is 16.6. The van der Waals surface area contributed by atoms with Gasteiger partial charge in [0.15, 0.2) is 0 Å². The van der Waals surface area contributed by atoms with Gasteiger partial charge in [0.05, 0.1) is 12.5 Å². The number of aliphatic carboxylic acids is 1. The molecule has 0 heterocycles. The van der Waals surface area contributed by atoms with Gasteiger partial charge in [-0.15, -0.1) is 0 Å². The first-order chi connectivity index (χ1) is 8.29. The van der Waals surface area contributed by atoms with Gasteiger partial charge in [-0.3, -0.25) is 9.52 Å². The monoisotopic (exact) mass is 271 g/mol. The van der Waals surface area contributed by atoms with Gasteiger partial charge in [0, 0.05) is 10.3 Å². The standard InChI is InChI=1S/C13H18FNO2S/c1-13(2,3)18-15-11(8-12(16)17)9-6-4-5-7-10(9)14/h4-7,11,15H,8H2,1-3H3,(H,16,17). The maximum atomic E-state index is 13.7. The summed E-state index contributed by atoms with van der Waals surface area (Å²) >= 11 is 1.41. The third-order valence-electron chi connectivity index (χ3n) is 2.17. The first-order valence-corrected chi connectivity index (χ1v) is 6.51. The number of nitrogens with one attached hydrogen (secondary N) is 1. The third kappa shape index (κ3) is 5.06. The first kappa shape index (κ1) is 15.0. The van der Waals surface area contributed by atoms with Gasteiger partial charge >= 0.3 is 5.97 Å². The summed E-state index contributed by atoms with van der Waals surface area (Å²) in [6.45, 7) is 6.01. The van der Waals surface area contributed by atoms with Gasteiger partial charge in [0.1, 0.15) is 5.82 Å². The number of hydrogen-bond acceptors (Lipinski definition) is 3. The minimum Gasteiger partial charge on any atom is -0.481 e. The highest BCUT2D eigenvalue weighted by Crippen LogP contribution is 2.27. The van der Waals surface area contributed by atoms with E-state index in [1.54, 1.807) is 18.2 Å². The van der Waals surface area contributed by atoms with Crippen LogP contribution in [0.2, 0.25) is 0 Å². The lowest BCUT2D eigenvalue weighted by atomic mass is 10.0. The van der Waals surface area contributed by atoms with Gasteiger partial charge < -0.3 is 5.11 Å². The van der Waals surface area contributed by atoms with Gasteiger partial charge in [-0.05, 0) is 26.8 Å². The van der Waals surface area contributed by atoms with Crippen molar-refractivity contribution in [2.45, 2.75) is 38.0 Å². The lowest BCUT2D eigenvalue weighted by molar-refractivity contribution is -0.137. The molecule has 1 rings (SSSR count). The van der Waals surface area contributed by atoms with Gasteiger partial charge in [0.25, 0.3) is 0 Å². The smallest absolute Gasteiger partial charge is 0.305 e. The van der Waals surface area contributed by atoms with E-state index >= 15 is 0 Å². The maximum absolute atomic E-state index is 13.7. The van der Waals surface area contributed by atoms with Gasteiger partial charge in [-0.25, -0.2) is 4.39 Å². The topological polar surface area (TPSA) is 49.3 Å². The van der Waals surface area contributed by atoms with Crippen LogP contribution >= 0.6 is 11.9 Å². The Bertz CT molecular complexity index is 418. The lowest BCUT2D eigenvalue weighted by Crippen LogP contribution is -2.24. The Balaban J connectivity index is 2.85. The quantitative estimate of drug-likeness (QED) is 0.806. The number of carboxylic acid groups (broad SMARTS) is 1. The summed E-state index contributed by atoms with van der Waals surface area (Å²) in [5.41, 5.74) is 0.386. The van der Waals surface area contributed by atoms with Crippen LogP contribution < -0.4 is 4.72 Å². The normalized spacial score (nSPS) is 13.3. The van der Waals surface area contributed by atoms with Gasteiger partial charge in [0.2, 0.25) is 0 Å². The van der Waals surface area contributed by atoms with E-state index in [-0.39, 0.29) is 17.0 Å². The van der Waals surface area contributed by atoms with Crippen molar-refractivity contribution in [1.29, 1.82) is 0 Å². The van der Waals surface area contributed by atoms with Crippen LogP contribution in [0.4, 0.5) is 4.39 Å². The molecule has 1 aromatic carbocycles. The van der Waals surface area contributed by atoms with Crippen molar-refractivity contribution in [3.8, 4) is 0 Å². The van der Waals surface area contributed by atoms with Crippen LogP contribution in [-0.4, -0.2) is 15.8 Å². The zero-order chi connectivity index (χ0) is 13.8. The maximum Gasteiger partial charge on any atom is 0.305 e. The fraction of sp³-hybridized carbons (Fsp3) is 0.462. The Morgan fingerprint density at radius 1 is 1.44 bits per heavy atom. The van der Waals surface area contributed by atoms with E-state index in [1.165, 1.54) is 18.0 Å². The highest BCUT2D eigenvalue weighted by molar-refractivity contribution is 7.98. The number of halogens is 1. The average molecular weight is 271 g/mol. The largest absolute Gasteiger partial charge is 0.481 e. The van der Waals surface area contributed by atoms with E-state index in [1.807, 2.05) is 20.8 Å². The van der Waals surface area contributed by atoms with Gasteiger partial charge in [-0.1, -0.05) is 30.1 Å². The summed E-state index contributed by atoms with van der Waals surface area (Å²) in [6, 6.07) is 5.71. The molecule has 18 heavy (non-hydrogen) atoms. The number of rotatable bonds is 5. The van der Waals surface area contributed by atoms with Crippen molar-refractivity contribution >= 4 is 17.9 Å². The van der Waals surface area contributed by atoms with Crippen molar-refractivity contribution in [3.05, 3.63) is 35.6 Å². The zero-order valence-corrected chi connectivity index (χ0v) is 11.6. The Morgan fingerprint density at radius 2 is 2.06 bits per heavy atom. The fourth-order valence-corrected chi connectivity index (χ4v) is 2.10. The van der Waals surface area contributed by atoms with Crippen molar-refractivity contribution in [2.24, 2.45) is 0 Å². The van der Waals surface area contributed by atoms with Crippen LogP contribution in [0, 0.1) is 5.82 Å². The summed E-state index contributed by atoms with van der Waals surface area (Å²) in [5, 5.41) is 8.89.